The molecule has 2 aromatic rings. The van der Waals surface area contributed by atoms with E-state index in [0.29, 0.717) is 10.8 Å². The Hall–Kier alpha value is -3.06. The first kappa shape index (κ1) is 26.5. The molecule has 0 radical (unpaired) electrons. The van der Waals surface area contributed by atoms with Gasteiger partial charge in [0.2, 0.25) is 11.6 Å². The van der Waals surface area contributed by atoms with Gasteiger partial charge in [0.05, 0.1) is 31.7 Å². The van der Waals surface area contributed by atoms with Crippen molar-refractivity contribution >= 4 is 0 Å². The molecule has 15 nitrogen and oxygen atoms in total. The van der Waals surface area contributed by atoms with Crippen molar-refractivity contribution < 1.29 is 43.8 Å². The second-order valence-corrected chi connectivity index (χ2v) is 7.63. The molecule has 1 unspecified atom stereocenters. The third-order valence-corrected chi connectivity index (χ3v) is 5.33. The fraction of sp³-hybridized carbons (Fsp3) is 0.556. The minimum Gasteiger partial charge on any atom is -0.394 e. The molecule has 2 aliphatic rings. The lowest BCUT2D eigenvalue weighted by Gasteiger charge is -2.16. The number of nitrogens with one attached hydrogen (secondary N) is 2. The van der Waals surface area contributed by atoms with Crippen molar-refractivity contribution in [3.63, 3.8) is 0 Å². The number of ether oxygens (including phenoxy) is 2. The minimum atomic E-state index is -1.52. The van der Waals surface area contributed by atoms with Crippen LogP contribution in [0.15, 0.2) is 31.6 Å². The summed E-state index contributed by atoms with van der Waals surface area (Å²) in [5.74, 6) is -2.34. The van der Waals surface area contributed by atoms with Crippen molar-refractivity contribution in [1.82, 2.24) is 19.1 Å². The zero-order valence-electron chi connectivity index (χ0n) is 17.7. The summed E-state index contributed by atoms with van der Waals surface area (Å²) in [4.78, 5) is 48.0. The van der Waals surface area contributed by atoms with Crippen molar-refractivity contribution in [2.45, 2.75) is 49.4 Å². The van der Waals surface area contributed by atoms with Crippen LogP contribution in [0.25, 0.3) is 0 Å². The molecule has 4 rings (SSSR count). The number of H-pyrrole nitrogens is 2. The number of nitrogens with zero attached hydrogens (tertiary/aromatic N) is 2. The number of aliphatic hydroxyl groups is 5. The van der Waals surface area contributed by atoms with E-state index in [9.17, 15) is 43.3 Å². The lowest BCUT2D eigenvalue weighted by molar-refractivity contribution is -0.0554. The van der Waals surface area contributed by atoms with Gasteiger partial charge in [0, 0.05) is 6.42 Å². The molecule has 2 aromatic heterocycles. The van der Waals surface area contributed by atoms with Crippen LogP contribution in [0.3, 0.4) is 0 Å². The Morgan fingerprint density at radius 3 is 1.83 bits per heavy atom. The van der Waals surface area contributed by atoms with Gasteiger partial charge in [-0.25, -0.2) is 9.59 Å². The predicted octanol–water partition coefficient (Wildman–Crippen LogP) is -4.40. The topological polar surface area (TPSA) is 229 Å². The Morgan fingerprint density at radius 1 is 0.829 bits per heavy atom. The molecule has 2 saturated heterocycles. The van der Waals surface area contributed by atoms with Crippen LogP contribution in [0.1, 0.15) is 18.9 Å². The molecular weight excluding hydrogens is 486 g/mol. The molecule has 2 aliphatic heterocycles. The van der Waals surface area contributed by atoms with Gasteiger partial charge in [-0.3, -0.25) is 28.7 Å². The van der Waals surface area contributed by atoms with Crippen molar-refractivity contribution in [1.29, 1.82) is 0 Å². The van der Waals surface area contributed by atoms with Crippen LogP contribution in [-0.4, -0.2) is 88.4 Å². The summed E-state index contributed by atoms with van der Waals surface area (Å²) in [5.41, 5.74) is -4.12. The van der Waals surface area contributed by atoms with Gasteiger partial charge >= 0.3 is 11.4 Å². The summed E-state index contributed by atoms with van der Waals surface area (Å²) < 4.78 is 37.7. The second kappa shape index (κ2) is 10.7. The van der Waals surface area contributed by atoms with Crippen LogP contribution in [-0.2, 0) is 9.47 Å². The van der Waals surface area contributed by atoms with E-state index in [1.165, 1.54) is 0 Å². The smallest absolute Gasteiger partial charge is 0.330 e. The fourth-order valence-corrected chi connectivity index (χ4v) is 3.48. The average molecular weight is 508 g/mol. The molecular formula is C18H22F2N4O11. The van der Waals surface area contributed by atoms with E-state index in [1.54, 1.807) is 9.97 Å². The monoisotopic (exact) mass is 508 g/mol. The van der Waals surface area contributed by atoms with E-state index in [1.807, 2.05) is 0 Å². The highest BCUT2D eigenvalue weighted by Gasteiger charge is 2.44. The summed E-state index contributed by atoms with van der Waals surface area (Å²) in [5, 5.41) is 46.3. The molecule has 2 fully saturated rings. The van der Waals surface area contributed by atoms with Crippen molar-refractivity contribution in [2.24, 2.45) is 0 Å². The van der Waals surface area contributed by atoms with Gasteiger partial charge in [-0.15, -0.1) is 0 Å². The first-order valence-corrected chi connectivity index (χ1v) is 10.1. The number of hydrogen-bond donors (Lipinski definition) is 7. The van der Waals surface area contributed by atoms with Gasteiger partial charge in [-0.05, 0) is 0 Å². The Balaban J connectivity index is 0.000000196. The molecule has 0 amide bonds. The van der Waals surface area contributed by atoms with E-state index in [-0.39, 0.29) is 6.42 Å². The van der Waals surface area contributed by atoms with Gasteiger partial charge in [0.25, 0.3) is 11.1 Å². The predicted molar refractivity (Wildman–Crippen MR) is 107 cm³/mol. The maximum atomic E-state index is 13.1. The van der Waals surface area contributed by atoms with Crippen LogP contribution in [0.4, 0.5) is 8.78 Å². The van der Waals surface area contributed by atoms with Crippen molar-refractivity contribution in [3.8, 4) is 0 Å². The van der Waals surface area contributed by atoms with E-state index in [4.69, 9.17) is 19.7 Å². The standard InChI is InChI=1S/C9H11FN2O6.C9H11FN2O5/c10-3-1-12(9(17)11-7(3)16)8-6(15)5(14)4(2-13)18-8;10-4-2-12(9(16)11-8(4)15)7-1-5(14)6(3-13)17-7/h1,4-6,8,13-15H,2H2,(H,11,16,17);2,5-7,13-14H,1,3H2,(H,11,15,16)/t4-,5-,6-,8-;5?,6-,7-/m10/s1. The Kier molecular flexibility index (Phi) is 8.11. The lowest BCUT2D eigenvalue weighted by atomic mass is 10.1. The van der Waals surface area contributed by atoms with Crippen LogP contribution in [0.5, 0.6) is 0 Å². The highest BCUT2D eigenvalue weighted by Crippen LogP contribution is 2.28. The molecule has 4 heterocycles. The molecule has 0 aromatic carbocycles. The number of rotatable bonds is 4. The maximum Gasteiger partial charge on any atom is 0.330 e. The first-order valence-electron chi connectivity index (χ1n) is 10.1. The largest absolute Gasteiger partial charge is 0.394 e. The van der Waals surface area contributed by atoms with E-state index >= 15 is 0 Å². The molecule has 0 bridgehead atoms. The quantitative estimate of drug-likeness (QED) is 0.208. The van der Waals surface area contributed by atoms with Gasteiger partial charge < -0.3 is 35.0 Å². The van der Waals surface area contributed by atoms with Gasteiger partial charge in [0.1, 0.15) is 30.6 Å². The average Bonchev–Trinajstić information content (AvgIpc) is 3.32. The summed E-state index contributed by atoms with van der Waals surface area (Å²) in [7, 11) is 0. The molecule has 0 saturated carbocycles. The molecule has 35 heavy (non-hydrogen) atoms. The SMILES string of the molecule is O=c1[nH]c(=O)n([C@@H]2CC(O)[C@H](CO)O2)cc1F.O=c1[nH]c(=O)n([C@@H]2O[C@H](CO)[C@@H](O)[C@H]2O)cc1F. The summed E-state index contributed by atoms with van der Waals surface area (Å²) in [6, 6.07) is 0. The van der Waals surface area contributed by atoms with Crippen LogP contribution < -0.4 is 22.5 Å². The fourth-order valence-electron chi connectivity index (χ4n) is 3.48. The van der Waals surface area contributed by atoms with Crippen LogP contribution in [0.2, 0.25) is 0 Å². The third-order valence-electron chi connectivity index (χ3n) is 5.33. The van der Waals surface area contributed by atoms with Gasteiger partial charge in [0.15, 0.2) is 6.23 Å². The number of aromatic amines is 2. The molecule has 194 valence electrons. The molecule has 7 N–H and O–H groups in total. The van der Waals surface area contributed by atoms with Gasteiger partial charge in [-0.1, -0.05) is 0 Å². The number of aliphatic hydroxyl groups excluding tert-OH is 5. The normalized spacial score (nSPS) is 30.2. The summed E-state index contributed by atoms with van der Waals surface area (Å²) in [6.07, 6.45) is -6.74. The Morgan fingerprint density at radius 2 is 1.34 bits per heavy atom. The molecule has 7 atom stereocenters. The number of halogens is 2. The van der Waals surface area contributed by atoms with Crippen LogP contribution in [0, 0.1) is 11.6 Å². The Bertz CT molecular complexity index is 1270. The summed E-state index contributed by atoms with van der Waals surface area (Å²) in [6.45, 7) is -0.979. The summed E-state index contributed by atoms with van der Waals surface area (Å²) >= 11 is 0. The van der Waals surface area contributed by atoms with E-state index in [0.717, 1.165) is 10.8 Å². The minimum absolute atomic E-state index is 0.0383. The molecule has 0 aliphatic carbocycles. The highest BCUT2D eigenvalue weighted by molar-refractivity contribution is 4.95. The second-order valence-electron chi connectivity index (χ2n) is 7.63. The van der Waals surface area contributed by atoms with Crippen molar-refractivity contribution in [2.75, 3.05) is 13.2 Å². The van der Waals surface area contributed by atoms with Gasteiger partial charge in [-0.2, -0.15) is 8.78 Å². The van der Waals surface area contributed by atoms with Crippen molar-refractivity contribution in [3.05, 3.63) is 65.7 Å². The first-order chi connectivity index (χ1) is 16.5. The zero-order valence-corrected chi connectivity index (χ0v) is 17.7. The highest BCUT2D eigenvalue weighted by atomic mass is 19.1. The molecule has 0 spiro atoms. The number of aromatic nitrogens is 4. The van der Waals surface area contributed by atoms with E-state index < -0.39 is 90.3 Å². The zero-order chi connectivity index (χ0) is 26.0. The van der Waals surface area contributed by atoms with E-state index in [2.05, 4.69) is 0 Å². The molecule has 17 heteroatoms. The Labute approximate surface area is 192 Å². The lowest BCUT2D eigenvalue weighted by Crippen LogP contribution is -2.38. The third kappa shape index (κ3) is 5.45. The van der Waals surface area contributed by atoms with Crippen LogP contribution >= 0.6 is 0 Å². The maximum absolute atomic E-state index is 13.1. The number of hydrogen-bond acceptors (Lipinski definition) is 11.